The maximum Gasteiger partial charge on any atom is 1.00 e. The number of hydrogen-bond acceptors (Lipinski definition) is 2. The van der Waals surface area contributed by atoms with Gasteiger partial charge in [0.25, 0.3) is 0 Å². The van der Waals surface area contributed by atoms with Gasteiger partial charge in [-0.1, -0.05) is 6.92 Å². The minimum Gasteiger partial charge on any atom is -1.00 e. The van der Waals surface area contributed by atoms with E-state index in [0.717, 1.165) is 0 Å². The van der Waals surface area contributed by atoms with Gasteiger partial charge in [-0.15, -0.1) is 0 Å². The summed E-state index contributed by atoms with van der Waals surface area (Å²) in [7, 11) is 0. The van der Waals surface area contributed by atoms with Crippen molar-refractivity contribution in [2.45, 2.75) is 25.9 Å². The van der Waals surface area contributed by atoms with Crippen LogP contribution in [0.3, 0.4) is 0 Å². The van der Waals surface area contributed by atoms with Gasteiger partial charge in [0, 0.05) is 6.42 Å². The first-order chi connectivity index (χ1) is 4.89. The monoisotopic (exact) mass is 216 g/mol. The molecular weight excluding hydrogens is 207 g/mol. The van der Waals surface area contributed by atoms with Gasteiger partial charge in [-0.2, -0.15) is 13.2 Å². The van der Waals surface area contributed by atoms with E-state index in [1.165, 1.54) is 6.92 Å². The summed E-state index contributed by atoms with van der Waals surface area (Å²) in [6.45, 7) is 1.53. The Bertz CT molecular complexity index is 188. The summed E-state index contributed by atoms with van der Waals surface area (Å²) in [6, 6.07) is 0. The molecule has 2 nitrogen and oxygen atoms in total. The fourth-order valence-corrected chi connectivity index (χ4v) is 0.499. The molecule has 7 heteroatoms. The molecule has 0 aromatic rings. The van der Waals surface area contributed by atoms with E-state index >= 15 is 0 Å². The number of halogens is 3. The molecule has 0 aromatic carbocycles. The minimum absolute atomic E-state index is 0. The Morgan fingerprint density at radius 2 is 1.62 bits per heavy atom. The second kappa shape index (κ2) is 8.44. The van der Waals surface area contributed by atoms with Gasteiger partial charge in [-0.3, -0.25) is 9.59 Å². The zero-order chi connectivity index (χ0) is 9.07. The van der Waals surface area contributed by atoms with Crippen molar-refractivity contribution >= 4 is 11.6 Å². The Hall–Kier alpha value is 1.13. The zero-order valence-electron chi connectivity index (χ0n) is 9.86. The number of carbonyl (C=O) groups excluding carboxylic acids is 2. The Morgan fingerprint density at radius 1 is 1.23 bits per heavy atom. The van der Waals surface area contributed by atoms with Gasteiger partial charge in [-0.25, -0.2) is 0 Å². The quantitative estimate of drug-likeness (QED) is 0.353. The van der Waals surface area contributed by atoms with Gasteiger partial charge < -0.3 is 2.85 Å². The van der Waals surface area contributed by atoms with Crippen molar-refractivity contribution in [1.82, 2.24) is 0 Å². The van der Waals surface area contributed by atoms with Crippen LogP contribution in [0.15, 0.2) is 0 Å². The number of rotatable bonds is 3. The summed E-state index contributed by atoms with van der Waals surface area (Å²) in [4.78, 5) is 20.4. The smallest absolute Gasteiger partial charge is 1.00 e. The first-order valence-electron chi connectivity index (χ1n) is 3.04. The van der Waals surface area contributed by atoms with Crippen molar-refractivity contribution in [2.24, 2.45) is 0 Å². The molecule has 0 saturated carbocycles. The molecule has 0 aliphatic rings. The number of alkyl halides is 3. The molecule has 0 spiro atoms. The van der Waals surface area contributed by atoms with E-state index in [2.05, 4.69) is 0 Å². The van der Waals surface area contributed by atoms with Crippen molar-refractivity contribution in [1.29, 1.82) is 0 Å². The third kappa shape index (κ3) is 8.15. The predicted molar refractivity (Wildman–Crippen MR) is 33.2 cm³/mol. The standard InChI is InChI=1S/C6H7F3O2.2Na.2H/c1-2-3-4(10)5(11)6(7,8)9;;;;/h2-3H2,1H3;;;;/q;2*+1;2*-1. The zero-order valence-corrected chi connectivity index (χ0v) is 11.9. The topological polar surface area (TPSA) is 34.1 Å². The third-order valence-electron chi connectivity index (χ3n) is 0.988. The summed E-state index contributed by atoms with van der Waals surface area (Å²) in [6.07, 6.45) is -5.09. The van der Waals surface area contributed by atoms with Crippen LogP contribution in [0, 0.1) is 0 Å². The van der Waals surface area contributed by atoms with E-state index in [1.807, 2.05) is 0 Å². The SMILES string of the molecule is CCCC(=O)C(=O)C(F)(F)F.[H-].[H-].[Na+].[Na+]. The average Bonchev–Trinajstić information content (AvgIpc) is 1.85. The first kappa shape index (κ1) is 19.7. The largest absolute Gasteiger partial charge is 1.00 e. The van der Waals surface area contributed by atoms with Crippen molar-refractivity contribution in [3.8, 4) is 0 Å². The van der Waals surface area contributed by atoms with Crippen LogP contribution in [0.2, 0.25) is 0 Å². The molecule has 0 aliphatic heterocycles. The molecule has 0 unspecified atom stereocenters. The molecule has 0 saturated heterocycles. The molecule has 0 N–H and O–H groups in total. The third-order valence-corrected chi connectivity index (χ3v) is 0.988. The Morgan fingerprint density at radius 3 is 1.85 bits per heavy atom. The van der Waals surface area contributed by atoms with Crippen LogP contribution in [-0.4, -0.2) is 17.7 Å². The predicted octanol–water partition coefficient (Wildman–Crippen LogP) is -4.28. The van der Waals surface area contributed by atoms with Gasteiger partial charge in [0.2, 0.25) is 5.78 Å². The van der Waals surface area contributed by atoms with Crippen LogP contribution in [0.5, 0.6) is 0 Å². The van der Waals surface area contributed by atoms with E-state index in [4.69, 9.17) is 0 Å². The van der Waals surface area contributed by atoms with E-state index in [9.17, 15) is 22.8 Å². The molecule has 0 aliphatic carbocycles. The summed E-state index contributed by atoms with van der Waals surface area (Å²) >= 11 is 0. The summed E-state index contributed by atoms with van der Waals surface area (Å²) in [5.74, 6) is -3.61. The van der Waals surface area contributed by atoms with Gasteiger partial charge >= 0.3 is 71.1 Å². The number of Topliss-reactive ketones (excluding diaryl/α,β-unsaturated/α-hetero) is 2. The van der Waals surface area contributed by atoms with E-state index in [-0.39, 0.29) is 74.8 Å². The van der Waals surface area contributed by atoms with Gasteiger partial charge in [-0.05, 0) is 6.42 Å². The maximum atomic E-state index is 11.5. The van der Waals surface area contributed by atoms with Crippen LogP contribution in [0.25, 0.3) is 0 Å². The molecule has 0 bridgehead atoms. The van der Waals surface area contributed by atoms with Crippen molar-refractivity contribution in [3.05, 3.63) is 0 Å². The number of ketones is 2. The van der Waals surface area contributed by atoms with Gasteiger partial charge in [0.05, 0.1) is 0 Å². The van der Waals surface area contributed by atoms with E-state index in [1.54, 1.807) is 0 Å². The Labute approximate surface area is 121 Å². The second-order valence-electron chi connectivity index (χ2n) is 2.00. The van der Waals surface area contributed by atoms with Gasteiger partial charge in [0.1, 0.15) is 0 Å². The number of hydrogen-bond donors (Lipinski definition) is 0. The van der Waals surface area contributed by atoms with Crippen molar-refractivity contribution in [3.63, 3.8) is 0 Å². The molecular formula is C6H9F3Na2O2. The van der Waals surface area contributed by atoms with Crippen LogP contribution in [0.1, 0.15) is 22.6 Å². The fraction of sp³-hybridized carbons (Fsp3) is 0.667. The Balaban J connectivity index is -0.0000000833. The summed E-state index contributed by atoms with van der Waals surface area (Å²) < 4.78 is 34.4. The second-order valence-corrected chi connectivity index (χ2v) is 2.00. The molecule has 0 atom stereocenters. The summed E-state index contributed by atoms with van der Waals surface area (Å²) in [5, 5.41) is 0. The normalized spacial score (nSPS) is 9.54. The van der Waals surface area contributed by atoms with E-state index in [0.29, 0.717) is 0 Å². The van der Waals surface area contributed by atoms with E-state index < -0.39 is 17.7 Å². The molecule has 0 heterocycles. The molecule has 0 amide bonds. The van der Waals surface area contributed by atoms with Gasteiger partial charge in [0.15, 0.2) is 0 Å². The number of carbonyl (C=O) groups is 2. The first-order valence-corrected chi connectivity index (χ1v) is 3.04. The minimum atomic E-state index is -5.01. The maximum absolute atomic E-state index is 11.5. The molecule has 13 heavy (non-hydrogen) atoms. The molecule has 0 radical (unpaired) electrons. The van der Waals surface area contributed by atoms with Crippen LogP contribution < -0.4 is 59.1 Å². The van der Waals surface area contributed by atoms with Crippen molar-refractivity contribution < 1.29 is 84.7 Å². The van der Waals surface area contributed by atoms with Crippen LogP contribution in [-0.2, 0) is 9.59 Å². The van der Waals surface area contributed by atoms with Crippen molar-refractivity contribution in [2.75, 3.05) is 0 Å². The average molecular weight is 216 g/mol. The Kier molecular flexibility index (Phi) is 12.8. The molecule has 68 valence electrons. The molecule has 0 fully saturated rings. The summed E-state index contributed by atoms with van der Waals surface area (Å²) in [5.41, 5.74) is 0. The van der Waals surface area contributed by atoms with Crippen LogP contribution in [0.4, 0.5) is 13.2 Å². The van der Waals surface area contributed by atoms with Crippen LogP contribution >= 0.6 is 0 Å². The fourth-order valence-electron chi connectivity index (χ4n) is 0.499. The molecule has 0 rings (SSSR count). The molecule has 0 aromatic heterocycles.